The molecular weight excluding hydrogens is 248 g/mol. The summed E-state index contributed by atoms with van der Waals surface area (Å²) in [6, 6.07) is 6.00. The van der Waals surface area contributed by atoms with Gasteiger partial charge in [-0.05, 0) is 61.8 Å². The number of carbonyl (C=O) groups is 1. The lowest BCUT2D eigenvalue weighted by molar-refractivity contribution is 0.0946. The van der Waals surface area contributed by atoms with Gasteiger partial charge in [-0.1, -0.05) is 12.2 Å². The highest BCUT2D eigenvalue weighted by molar-refractivity contribution is 5.95. The second-order valence-electron chi connectivity index (χ2n) is 5.76. The summed E-state index contributed by atoms with van der Waals surface area (Å²) in [6.45, 7) is 1.83. The molecule has 20 heavy (non-hydrogen) atoms. The number of allylic oxidation sites excluding steroid dienone is 2. The van der Waals surface area contributed by atoms with Crippen LogP contribution in [0.25, 0.3) is 0 Å². The van der Waals surface area contributed by atoms with Gasteiger partial charge in [0.1, 0.15) is 0 Å². The Morgan fingerprint density at radius 1 is 1.35 bits per heavy atom. The fourth-order valence-corrected chi connectivity index (χ4v) is 3.00. The topological polar surface area (TPSA) is 41.1 Å². The molecule has 1 unspecified atom stereocenters. The van der Waals surface area contributed by atoms with E-state index in [1.54, 1.807) is 0 Å². The maximum absolute atomic E-state index is 12.2. The van der Waals surface area contributed by atoms with E-state index in [-0.39, 0.29) is 5.91 Å². The van der Waals surface area contributed by atoms with Crippen LogP contribution in [-0.4, -0.2) is 19.0 Å². The van der Waals surface area contributed by atoms with Crippen molar-refractivity contribution in [3.8, 4) is 0 Å². The minimum absolute atomic E-state index is 0.0629. The number of amides is 1. The van der Waals surface area contributed by atoms with E-state index in [4.69, 9.17) is 0 Å². The van der Waals surface area contributed by atoms with Crippen molar-refractivity contribution in [1.29, 1.82) is 0 Å². The maximum atomic E-state index is 12.2. The van der Waals surface area contributed by atoms with Crippen LogP contribution in [0.15, 0.2) is 30.4 Å². The molecule has 0 saturated carbocycles. The Balaban J connectivity index is 1.60. The van der Waals surface area contributed by atoms with Crippen molar-refractivity contribution in [2.75, 3.05) is 18.4 Å². The van der Waals surface area contributed by atoms with E-state index >= 15 is 0 Å². The Morgan fingerprint density at radius 3 is 3.15 bits per heavy atom. The number of anilines is 1. The van der Waals surface area contributed by atoms with Crippen LogP contribution in [0.3, 0.4) is 0 Å². The van der Waals surface area contributed by atoms with Gasteiger partial charge in [0.25, 0.3) is 5.91 Å². The summed E-state index contributed by atoms with van der Waals surface area (Å²) in [6.07, 6.45) is 10.1. The first kappa shape index (κ1) is 13.2. The normalized spacial score (nSPS) is 20.9. The van der Waals surface area contributed by atoms with Crippen molar-refractivity contribution < 1.29 is 4.79 Å². The van der Waals surface area contributed by atoms with E-state index in [2.05, 4.69) is 22.8 Å². The molecule has 1 aromatic rings. The van der Waals surface area contributed by atoms with Crippen molar-refractivity contribution in [3.63, 3.8) is 0 Å². The van der Waals surface area contributed by atoms with Gasteiger partial charge < -0.3 is 10.6 Å². The molecule has 1 aromatic carbocycles. The van der Waals surface area contributed by atoms with Crippen molar-refractivity contribution in [1.82, 2.24) is 5.32 Å². The Kier molecular flexibility index (Phi) is 4.05. The lowest BCUT2D eigenvalue weighted by atomic mass is 9.94. The van der Waals surface area contributed by atoms with E-state index in [1.807, 2.05) is 18.2 Å². The van der Waals surface area contributed by atoms with E-state index in [0.717, 1.165) is 44.3 Å². The Labute approximate surface area is 120 Å². The molecule has 1 aliphatic heterocycles. The number of fused-ring (bicyclic) bond motifs is 1. The summed E-state index contributed by atoms with van der Waals surface area (Å²) in [7, 11) is 0. The molecule has 0 bridgehead atoms. The average molecular weight is 270 g/mol. The van der Waals surface area contributed by atoms with Gasteiger partial charge >= 0.3 is 0 Å². The number of hydrogen-bond donors (Lipinski definition) is 2. The highest BCUT2D eigenvalue weighted by Gasteiger charge is 2.14. The third-order valence-corrected chi connectivity index (χ3v) is 4.23. The number of carbonyl (C=O) groups excluding carboxylic acids is 1. The predicted molar refractivity (Wildman–Crippen MR) is 82.1 cm³/mol. The second-order valence-corrected chi connectivity index (χ2v) is 5.76. The third kappa shape index (κ3) is 3.03. The van der Waals surface area contributed by atoms with Gasteiger partial charge in [0.05, 0.1) is 0 Å². The Morgan fingerprint density at radius 2 is 2.30 bits per heavy atom. The van der Waals surface area contributed by atoms with Crippen LogP contribution in [0.1, 0.15) is 41.6 Å². The van der Waals surface area contributed by atoms with Gasteiger partial charge in [-0.15, -0.1) is 0 Å². The molecule has 1 aliphatic carbocycles. The van der Waals surface area contributed by atoms with Crippen molar-refractivity contribution >= 4 is 11.6 Å². The minimum Gasteiger partial charge on any atom is -0.385 e. The van der Waals surface area contributed by atoms with Gasteiger partial charge in [0.2, 0.25) is 0 Å². The van der Waals surface area contributed by atoms with Crippen molar-refractivity contribution in [2.24, 2.45) is 5.92 Å². The molecule has 3 heteroatoms. The summed E-state index contributed by atoms with van der Waals surface area (Å²) in [4.78, 5) is 12.2. The minimum atomic E-state index is 0.0629. The SMILES string of the molecule is O=C(NCC1CC=CCC1)c1ccc2c(c1)CCCN2. The number of benzene rings is 1. The molecule has 1 amide bonds. The number of nitrogens with one attached hydrogen (secondary N) is 2. The molecule has 0 radical (unpaired) electrons. The van der Waals surface area contributed by atoms with E-state index in [0.29, 0.717) is 5.92 Å². The fourth-order valence-electron chi connectivity index (χ4n) is 3.00. The molecule has 0 aromatic heterocycles. The molecule has 2 N–H and O–H groups in total. The summed E-state index contributed by atoms with van der Waals surface area (Å²) in [5.41, 5.74) is 3.24. The molecule has 0 saturated heterocycles. The first-order chi connectivity index (χ1) is 9.83. The predicted octanol–water partition coefficient (Wildman–Crippen LogP) is 3.13. The summed E-state index contributed by atoms with van der Waals surface area (Å²) in [5.74, 6) is 0.663. The van der Waals surface area contributed by atoms with Crippen molar-refractivity contribution in [2.45, 2.75) is 32.1 Å². The second kappa shape index (κ2) is 6.12. The van der Waals surface area contributed by atoms with Gasteiger partial charge in [-0.3, -0.25) is 4.79 Å². The molecule has 1 atom stereocenters. The monoisotopic (exact) mass is 270 g/mol. The number of aryl methyl sites for hydroxylation is 1. The van der Waals surface area contributed by atoms with Crippen LogP contribution in [0.5, 0.6) is 0 Å². The molecule has 1 heterocycles. The third-order valence-electron chi connectivity index (χ3n) is 4.23. The summed E-state index contributed by atoms with van der Waals surface area (Å²) in [5, 5.41) is 6.46. The van der Waals surface area contributed by atoms with E-state index < -0.39 is 0 Å². The van der Waals surface area contributed by atoms with Gasteiger partial charge in [0.15, 0.2) is 0 Å². The van der Waals surface area contributed by atoms with Crippen LogP contribution in [0.2, 0.25) is 0 Å². The van der Waals surface area contributed by atoms with Crippen LogP contribution < -0.4 is 10.6 Å². The smallest absolute Gasteiger partial charge is 0.251 e. The molecule has 106 valence electrons. The largest absolute Gasteiger partial charge is 0.385 e. The number of hydrogen-bond acceptors (Lipinski definition) is 2. The molecule has 3 nitrogen and oxygen atoms in total. The van der Waals surface area contributed by atoms with E-state index in [1.165, 1.54) is 17.7 Å². The van der Waals surface area contributed by atoms with Crippen LogP contribution in [0, 0.1) is 5.92 Å². The zero-order valence-corrected chi connectivity index (χ0v) is 11.8. The molecular formula is C17H22N2O. The lowest BCUT2D eigenvalue weighted by Gasteiger charge is -2.20. The highest BCUT2D eigenvalue weighted by Crippen LogP contribution is 2.23. The van der Waals surface area contributed by atoms with Gasteiger partial charge in [-0.2, -0.15) is 0 Å². The lowest BCUT2D eigenvalue weighted by Crippen LogP contribution is -2.29. The molecule has 3 rings (SSSR count). The maximum Gasteiger partial charge on any atom is 0.251 e. The van der Waals surface area contributed by atoms with Crippen molar-refractivity contribution in [3.05, 3.63) is 41.5 Å². The average Bonchev–Trinajstić information content (AvgIpc) is 2.53. The summed E-state index contributed by atoms with van der Waals surface area (Å²) < 4.78 is 0. The number of rotatable bonds is 3. The Bertz CT molecular complexity index is 522. The zero-order chi connectivity index (χ0) is 13.8. The van der Waals surface area contributed by atoms with Crippen LogP contribution in [0.4, 0.5) is 5.69 Å². The first-order valence-corrected chi connectivity index (χ1v) is 7.63. The van der Waals surface area contributed by atoms with E-state index in [9.17, 15) is 4.79 Å². The first-order valence-electron chi connectivity index (χ1n) is 7.63. The van der Waals surface area contributed by atoms with Crippen LogP contribution in [-0.2, 0) is 6.42 Å². The standard InChI is InChI=1S/C17H22N2O/c20-17(19-12-13-5-2-1-3-6-13)15-8-9-16-14(11-15)7-4-10-18-16/h1-2,8-9,11,13,18H,3-7,10,12H2,(H,19,20). The quantitative estimate of drug-likeness (QED) is 0.829. The van der Waals surface area contributed by atoms with Gasteiger partial charge in [0, 0.05) is 24.3 Å². The zero-order valence-electron chi connectivity index (χ0n) is 11.8. The molecule has 2 aliphatic rings. The fraction of sp³-hybridized carbons (Fsp3) is 0.471. The highest BCUT2D eigenvalue weighted by atomic mass is 16.1. The Hall–Kier alpha value is -1.77. The summed E-state index contributed by atoms with van der Waals surface area (Å²) >= 11 is 0. The van der Waals surface area contributed by atoms with Gasteiger partial charge in [-0.25, -0.2) is 0 Å². The molecule has 0 spiro atoms. The van der Waals surface area contributed by atoms with Crippen LogP contribution >= 0.6 is 0 Å². The molecule has 0 fully saturated rings.